The summed E-state index contributed by atoms with van der Waals surface area (Å²) < 4.78 is 5.30. The summed E-state index contributed by atoms with van der Waals surface area (Å²) in [6.45, 7) is 1.83. The van der Waals surface area contributed by atoms with Crippen LogP contribution in [0.2, 0.25) is 0 Å². The van der Waals surface area contributed by atoms with Crippen LogP contribution in [-0.2, 0) is 5.54 Å². The number of nitrogens with one attached hydrogen (secondary N) is 1. The molecular weight excluding hydrogens is 286 g/mol. The monoisotopic (exact) mass is 299 g/mol. The van der Waals surface area contributed by atoms with E-state index in [1.807, 2.05) is 30.6 Å². The Morgan fingerprint density at radius 2 is 2.24 bits per heavy atom. The molecule has 0 atom stereocenters. The predicted molar refractivity (Wildman–Crippen MR) is 78.9 cm³/mol. The van der Waals surface area contributed by atoms with Crippen molar-refractivity contribution in [3.05, 3.63) is 41.6 Å². The van der Waals surface area contributed by atoms with Gasteiger partial charge in [-0.2, -0.15) is 4.98 Å². The number of aryl methyl sites for hydroxylation is 1. The van der Waals surface area contributed by atoms with Gasteiger partial charge in [-0.15, -0.1) is 11.3 Å². The first-order valence-electron chi connectivity index (χ1n) is 6.70. The van der Waals surface area contributed by atoms with Crippen LogP contribution in [0.25, 0.3) is 11.3 Å². The molecular formula is C14H13N5OS. The molecule has 1 fully saturated rings. The number of hydrogen-bond acceptors (Lipinski definition) is 7. The lowest BCUT2D eigenvalue weighted by molar-refractivity contribution is 0.353. The van der Waals surface area contributed by atoms with Gasteiger partial charge >= 0.3 is 0 Å². The Balaban J connectivity index is 1.57. The molecule has 3 aromatic heterocycles. The van der Waals surface area contributed by atoms with Gasteiger partial charge in [0.2, 0.25) is 0 Å². The molecule has 21 heavy (non-hydrogen) atoms. The normalized spacial score (nSPS) is 15.9. The molecule has 3 aromatic rings. The molecule has 0 bridgehead atoms. The molecule has 1 aliphatic rings. The van der Waals surface area contributed by atoms with Crippen molar-refractivity contribution in [2.24, 2.45) is 0 Å². The summed E-state index contributed by atoms with van der Waals surface area (Å²) >= 11 is 1.57. The van der Waals surface area contributed by atoms with E-state index in [-0.39, 0.29) is 5.54 Å². The highest BCUT2D eigenvalue weighted by molar-refractivity contribution is 7.14. The molecule has 106 valence electrons. The Morgan fingerprint density at radius 1 is 1.33 bits per heavy atom. The van der Waals surface area contributed by atoms with Crippen LogP contribution in [0, 0.1) is 6.92 Å². The standard InChI is InChI=1S/C14H13N5OS/c1-9-16-12(20-19-9)14(4-5-14)18-13-17-11(8-21-13)10-3-2-6-15-7-10/h2-3,6-8H,4-5H2,1H3,(H,17,18). The SMILES string of the molecule is Cc1noc(C2(Nc3nc(-c4cccnc4)cs3)CC2)n1. The summed E-state index contributed by atoms with van der Waals surface area (Å²) in [7, 11) is 0. The van der Waals surface area contributed by atoms with Gasteiger partial charge in [0.05, 0.1) is 5.69 Å². The van der Waals surface area contributed by atoms with Gasteiger partial charge in [0.1, 0.15) is 5.54 Å². The summed E-state index contributed by atoms with van der Waals surface area (Å²) in [4.78, 5) is 13.1. The van der Waals surface area contributed by atoms with Crippen molar-refractivity contribution in [2.75, 3.05) is 5.32 Å². The molecule has 0 aromatic carbocycles. The first-order valence-corrected chi connectivity index (χ1v) is 7.58. The highest BCUT2D eigenvalue weighted by Crippen LogP contribution is 2.48. The predicted octanol–water partition coefficient (Wildman–Crippen LogP) is 3.00. The van der Waals surface area contributed by atoms with Gasteiger partial charge < -0.3 is 9.84 Å². The van der Waals surface area contributed by atoms with Crippen LogP contribution >= 0.6 is 11.3 Å². The van der Waals surface area contributed by atoms with Crippen molar-refractivity contribution in [3.8, 4) is 11.3 Å². The van der Waals surface area contributed by atoms with Gasteiger partial charge in [-0.05, 0) is 31.9 Å². The number of rotatable bonds is 4. The lowest BCUT2D eigenvalue weighted by Crippen LogP contribution is -2.19. The van der Waals surface area contributed by atoms with E-state index in [4.69, 9.17) is 4.52 Å². The molecule has 4 rings (SSSR count). The summed E-state index contributed by atoms with van der Waals surface area (Å²) in [5.74, 6) is 1.31. The van der Waals surface area contributed by atoms with Crippen molar-refractivity contribution >= 4 is 16.5 Å². The summed E-state index contributed by atoms with van der Waals surface area (Å²) in [6.07, 6.45) is 5.53. The molecule has 3 heterocycles. The van der Waals surface area contributed by atoms with E-state index in [1.54, 1.807) is 17.5 Å². The molecule has 0 amide bonds. The molecule has 1 aliphatic carbocycles. The van der Waals surface area contributed by atoms with E-state index in [2.05, 4.69) is 25.4 Å². The van der Waals surface area contributed by atoms with E-state index in [0.29, 0.717) is 11.7 Å². The highest BCUT2D eigenvalue weighted by atomic mass is 32.1. The van der Waals surface area contributed by atoms with Gasteiger partial charge in [-0.3, -0.25) is 4.98 Å². The zero-order valence-corrected chi connectivity index (χ0v) is 12.2. The lowest BCUT2D eigenvalue weighted by Gasteiger charge is -2.11. The number of nitrogens with zero attached hydrogens (tertiary/aromatic N) is 4. The third kappa shape index (κ3) is 2.29. The maximum absolute atomic E-state index is 5.30. The quantitative estimate of drug-likeness (QED) is 0.798. The Bertz CT molecular complexity index is 763. The second-order valence-corrected chi connectivity index (χ2v) is 5.99. The van der Waals surface area contributed by atoms with Crippen LogP contribution in [0.3, 0.4) is 0 Å². The summed E-state index contributed by atoms with van der Waals surface area (Å²) in [5.41, 5.74) is 1.71. The average Bonchev–Trinajstić information content (AvgIpc) is 2.93. The Kier molecular flexibility index (Phi) is 2.75. The van der Waals surface area contributed by atoms with Crippen LogP contribution in [-0.4, -0.2) is 20.1 Å². The van der Waals surface area contributed by atoms with Crippen molar-refractivity contribution < 1.29 is 4.52 Å². The summed E-state index contributed by atoms with van der Waals surface area (Å²) in [6, 6.07) is 3.91. The van der Waals surface area contributed by atoms with Crippen LogP contribution in [0.1, 0.15) is 24.6 Å². The number of aromatic nitrogens is 4. The zero-order valence-electron chi connectivity index (χ0n) is 11.4. The summed E-state index contributed by atoms with van der Waals surface area (Å²) in [5, 5.41) is 10.2. The molecule has 6 nitrogen and oxygen atoms in total. The third-order valence-electron chi connectivity index (χ3n) is 3.49. The van der Waals surface area contributed by atoms with Crippen molar-refractivity contribution in [1.82, 2.24) is 20.1 Å². The minimum Gasteiger partial charge on any atom is -0.347 e. The van der Waals surface area contributed by atoms with E-state index in [1.165, 1.54) is 0 Å². The second kappa shape index (κ2) is 4.63. The van der Waals surface area contributed by atoms with Crippen molar-refractivity contribution in [3.63, 3.8) is 0 Å². The van der Waals surface area contributed by atoms with Crippen molar-refractivity contribution in [2.45, 2.75) is 25.3 Å². The van der Waals surface area contributed by atoms with Gasteiger partial charge in [0, 0.05) is 23.3 Å². The number of hydrogen-bond donors (Lipinski definition) is 1. The maximum atomic E-state index is 5.30. The number of pyridine rings is 1. The first-order chi connectivity index (χ1) is 10.3. The smallest absolute Gasteiger partial charge is 0.252 e. The van der Waals surface area contributed by atoms with Crippen LogP contribution < -0.4 is 5.32 Å². The fourth-order valence-corrected chi connectivity index (χ4v) is 3.01. The third-order valence-corrected chi connectivity index (χ3v) is 4.25. The zero-order chi connectivity index (χ0) is 14.3. The maximum Gasteiger partial charge on any atom is 0.252 e. The fourth-order valence-electron chi connectivity index (χ4n) is 2.19. The van der Waals surface area contributed by atoms with Gasteiger partial charge in [0.15, 0.2) is 11.0 Å². The number of thiazole rings is 1. The van der Waals surface area contributed by atoms with Gasteiger partial charge in [-0.25, -0.2) is 4.98 Å². The van der Waals surface area contributed by atoms with E-state index >= 15 is 0 Å². The molecule has 0 saturated heterocycles. The average molecular weight is 299 g/mol. The van der Waals surface area contributed by atoms with Crippen LogP contribution in [0.5, 0.6) is 0 Å². The lowest BCUT2D eigenvalue weighted by atomic mass is 10.2. The Labute approximate surface area is 125 Å². The van der Waals surface area contributed by atoms with Crippen LogP contribution in [0.4, 0.5) is 5.13 Å². The van der Waals surface area contributed by atoms with Crippen LogP contribution in [0.15, 0.2) is 34.4 Å². The second-order valence-electron chi connectivity index (χ2n) is 5.13. The molecule has 1 saturated carbocycles. The van der Waals surface area contributed by atoms with Gasteiger partial charge in [0.25, 0.3) is 5.89 Å². The van der Waals surface area contributed by atoms with Gasteiger partial charge in [-0.1, -0.05) is 5.16 Å². The molecule has 0 radical (unpaired) electrons. The molecule has 0 spiro atoms. The highest BCUT2D eigenvalue weighted by Gasteiger charge is 2.50. The Morgan fingerprint density at radius 3 is 2.90 bits per heavy atom. The Hall–Kier alpha value is -2.28. The van der Waals surface area contributed by atoms with E-state index in [0.717, 1.165) is 29.2 Å². The minimum atomic E-state index is -0.231. The first kappa shape index (κ1) is 12.5. The minimum absolute atomic E-state index is 0.231. The molecule has 1 N–H and O–H groups in total. The number of anilines is 1. The molecule has 0 aliphatic heterocycles. The van der Waals surface area contributed by atoms with E-state index in [9.17, 15) is 0 Å². The topological polar surface area (TPSA) is 76.7 Å². The van der Waals surface area contributed by atoms with Crippen molar-refractivity contribution in [1.29, 1.82) is 0 Å². The fraction of sp³-hybridized carbons (Fsp3) is 0.286. The largest absolute Gasteiger partial charge is 0.347 e. The molecule has 7 heteroatoms. The van der Waals surface area contributed by atoms with E-state index < -0.39 is 0 Å². The molecule has 0 unspecified atom stereocenters.